The van der Waals surface area contributed by atoms with E-state index in [4.69, 9.17) is 11.6 Å². The van der Waals surface area contributed by atoms with Crippen LogP contribution in [0.5, 0.6) is 0 Å². The van der Waals surface area contributed by atoms with Gasteiger partial charge in [0, 0.05) is 32.7 Å². The van der Waals surface area contributed by atoms with Gasteiger partial charge in [0.2, 0.25) is 0 Å². The van der Waals surface area contributed by atoms with Crippen molar-refractivity contribution in [2.24, 2.45) is 0 Å². The molecule has 0 atom stereocenters. The standard InChI is InChI=1S/C16H18BrClN2S/c1-16(2,3)20-9-11-4-6-13(8-14(11)18)21-15-7-5-12(17)10-19-15/h4-8,10,20H,9H2,1-3H3. The number of hydrogen-bond donors (Lipinski definition) is 1. The van der Waals surface area contributed by atoms with Gasteiger partial charge in [0.25, 0.3) is 0 Å². The molecule has 0 saturated carbocycles. The monoisotopic (exact) mass is 384 g/mol. The van der Waals surface area contributed by atoms with Crippen molar-refractivity contribution in [1.82, 2.24) is 10.3 Å². The van der Waals surface area contributed by atoms with Crippen LogP contribution in [-0.2, 0) is 6.54 Å². The van der Waals surface area contributed by atoms with Gasteiger partial charge in [0.05, 0.1) is 0 Å². The molecular weight excluding hydrogens is 368 g/mol. The fraction of sp³-hybridized carbons (Fsp3) is 0.312. The zero-order chi connectivity index (χ0) is 15.5. The first-order valence-electron chi connectivity index (χ1n) is 6.66. The molecule has 2 aromatic rings. The van der Waals surface area contributed by atoms with Gasteiger partial charge in [0.1, 0.15) is 5.03 Å². The number of rotatable bonds is 4. The van der Waals surface area contributed by atoms with E-state index >= 15 is 0 Å². The quantitative estimate of drug-likeness (QED) is 0.748. The number of pyridine rings is 1. The topological polar surface area (TPSA) is 24.9 Å². The van der Waals surface area contributed by atoms with Crippen molar-refractivity contribution in [2.45, 2.75) is 42.8 Å². The van der Waals surface area contributed by atoms with Gasteiger partial charge >= 0.3 is 0 Å². The molecule has 1 N–H and O–H groups in total. The Morgan fingerprint density at radius 1 is 1.24 bits per heavy atom. The molecule has 0 aliphatic heterocycles. The van der Waals surface area contributed by atoms with Gasteiger partial charge in [-0.15, -0.1) is 0 Å². The van der Waals surface area contributed by atoms with Crippen molar-refractivity contribution >= 4 is 39.3 Å². The number of hydrogen-bond acceptors (Lipinski definition) is 3. The van der Waals surface area contributed by atoms with Crippen LogP contribution in [0.15, 0.2) is 50.9 Å². The first kappa shape index (κ1) is 16.8. The highest BCUT2D eigenvalue weighted by Gasteiger charge is 2.10. The fourth-order valence-electron chi connectivity index (χ4n) is 1.64. The molecule has 2 rings (SSSR count). The molecule has 0 spiro atoms. The Kier molecular flexibility index (Phi) is 5.72. The molecule has 5 heteroatoms. The van der Waals surface area contributed by atoms with Gasteiger partial charge < -0.3 is 5.32 Å². The van der Waals surface area contributed by atoms with E-state index in [1.54, 1.807) is 18.0 Å². The van der Waals surface area contributed by atoms with E-state index in [0.717, 1.165) is 31.5 Å². The Hall–Kier alpha value is -0.550. The Balaban J connectivity index is 2.06. The van der Waals surface area contributed by atoms with Crippen LogP contribution in [0, 0.1) is 0 Å². The summed E-state index contributed by atoms with van der Waals surface area (Å²) in [6.45, 7) is 7.20. The summed E-state index contributed by atoms with van der Waals surface area (Å²) in [6.07, 6.45) is 1.80. The van der Waals surface area contributed by atoms with E-state index in [1.807, 2.05) is 18.2 Å². The van der Waals surface area contributed by atoms with Crippen molar-refractivity contribution in [2.75, 3.05) is 0 Å². The van der Waals surface area contributed by atoms with E-state index in [9.17, 15) is 0 Å². The maximum Gasteiger partial charge on any atom is 0.101 e. The van der Waals surface area contributed by atoms with Crippen molar-refractivity contribution in [3.8, 4) is 0 Å². The van der Waals surface area contributed by atoms with Gasteiger partial charge in [-0.05, 0) is 66.5 Å². The predicted molar refractivity (Wildman–Crippen MR) is 94.1 cm³/mol. The van der Waals surface area contributed by atoms with Crippen molar-refractivity contribution < 1.29 is 0 Å². The molecule has 0 radical (unpaired) electrons. The summed E-state index contributed by atoms with van der Waals surface area (Å²) < 4.78 is 0.980. The lowest BCUT2D eigenvalue weighted by atomic mass is 10.1. The summed E-state index contributed by atoms with van der Waals surface area (Å²) in [7, 11) is 0. The first-order chi connectivity index (χ1) is 9.83. The van der Waals surface area contributed by atoms with Gasteiger partial charge in [-0.3, -0.25) is 0 Å². The third-order valence-corrected chi connectivity index (χ3v) is 4.52. The van der Waals surface area contributed by atoms with E-state index in [0.29, 0.717) is 0 Å². The fourth-order valence-corrected chi connectivity index (χ4v) is 2.98. The minimum absolute atomic E-state index is 0.0814. The van der Waals surface area contributed by atoms with E-state index in [2.05, 4.69) is 59.1 Å². The summed E-state index contributed by atoms with van der Waals surface area (Å²) >= 11 is 11.4. The average molecular weight is 386 g/mol. The predicted octanol–water partition coefficient (Wildman–Crippen LogP) is 5.54. The summed E-state index contributed by atoms with van der Waals surface area (Å²) in [4.78, 5) is 5.45. The molecule has 2 nitrogen and oxygen atoms in total. The van der Waals surface area contributed by atoms with Crippen LogP contribution in [0.3, 0.4) is 0 Å². The molecule has 1 aromatic carbocycles. The highest BCUT2D eigenvalue weighted by Crippen LogP contribution is 2.30. The van der Waals surface area contributed by atoms with Crippen LogP contribution in [0.2, 0.25) is 5.02 Å². The maximum atomic E-state index is 6.37. The maximum absolute atomic E-state index is 6.37. The zero-order valence-electron chi connectivity index (χ0n) is 12.3. The molecule has 0 bridgehead atoms. The lowest BCUT2D eigenvalue weighted by Crippen LogP contribution is -2.35. The number of nitrogens with zero attached hydrogens (tertiary/aromatic N) is 1. The van der Waals surface area contributed by atoms with Crippen LogP contribution < -0.4 is 5.32 Å². The highest BCUT2D eigenvalue weighted by atomic mass is 79.9. The normalized spacial score (nSPS) is 11.7. The third-order valence-electron chi connectivity index (χ3n) is 2.76. The highest BCUT2D eigenvalue weighted by molar-refractivity contribution is 9.10. The van der Waals surface area contributed by atoms with Gasteiger partial charge in [-0.1, -0.05) is 29.4 Å². The summed E-state index contributed by atoms with van der Waals surface area (Å²) in [5.41, 5.74) is 1.19. The van der Waals surface area contributed by atoms with Crippen LogP contribution >= 0.6 is 39.3 Å². The smallest absolute Gasteiger partial charge is 0.101 e. The Morgan fingerprint density at radius 3 is 2.57 bits per heavy atom. The lowest BCUT2D eigenvalue weighted by Gasteiger charge is -2.21. The molecule has 0 fully saturated rings. The SMILES string of the molecule is CC(C)(C)NCc1ccc(Sc2ccc(Br)cn2)cc1Cl. The zero-order valence-corrected chi connectivity index (χ0v) is 15.4. The third kappa shape index (κ3) is 5.62. The Bertz CT molecular complexity index is 609. The average Bonchev–Trinajstić information content (AvgIpc) is 2.39. The van der Waals surface area contributed by atoms with Crippen LogP contribution in [0.4, 0.5) is 0 Å². The second-order valence-electron chi connectivity index (χ2n) is 5.77. The molecule has 0 amide bonds. The van der Waals surface area contributed by atoms with Crippen molar-refractivity contribution in [1.29, 1.82) is 0 Å². The molecule has 0 aliphatic carbocycles. The van der Waals surface area contributed by atoms with Crippen molar-refractivity contribution in [3.05, 3.63) is 51.6 Å². The second kappa shape index (κ2) is 7.14. The molecule has 112 valence electrons. The molecule has 1 aromatic heterocycles. The number of aromatic nitrogens is 1. The minimum atomic E-state index is 0.0814. The molecule has 1 heterocycles. The number of nitrogens with one attached hydrogen (secondary N) is 1. The van der Waals surface area contributed by atoms with E-state index < -0.39 is 0 Å². The molecule has 0 saturated heterocycles. The summed E-state index contributed by atoms with van der Waals surface area (Å²) in [5.74, 6) is 0. The molecule has 21 heavy (non-hydrogen) atoms. The summed E-state index contributed by atoms with van der Waals surface area (Å²) in [6, 6.07) is 10.1. The lowest BCUT2D eigenvalue weighted by molar-refractivity contribution is 0.424. The van der Waals surface area contributed by atoms with E-state index in [-0.39, 0.29) is 5.54 Å². The Labute approximate surface area is 143 Å². The van der Waals surface area contributed by atoms with Crippen LogP contribution in [0.25, 0.3) is 0 Å². The summed E-state index contributed by atoms with van der Waals surface area (Å²) in [5, 5.41) is 5.19. The largest absolute Gasteiger partial charge is 0.308 e. The first-order valence-corrected chi connectivity index (χ1v) is 8.65. The van der Waals surface area contributed by atoms with Gasteiger partial charge in [-0.2, -0.15) is 0 Å². The molecule has 0 unspecified atom stereocenters. The van der Waals surface area contributed by atoms with Crippen LogP contribution in [0.1, 0.15) is 26.3 Å². The number of halogens is 2. The number of benzene rings is 1. The second-order valence-corrected chi connectivity index (χ2v) is 8.19. The van der Waals surface area contributed by atoms with Gasteiger partial charge in [-0.25, -0.2) is 4.98 Å². The van der Waals surface area contributed by atoms with Crippen molar-refractivity contribution in [3.63, 3.8) is 0 Å². The minimum Gasteiger partial charge on any atom is -0.308 e. The van der Waals surface area contributed by atoms with Gasteiger partial charge in [0.15, 0.2) is 0 Å². The molecular formula is C16H18BrClN2S. The van der Waals surface area contributed by atoms with E-state index in [1.165, 1.54) is 0 Å². The molecule has 0 aliphatic rings. The Morgan fingerprint density at radius 2 is 2.00 bits per heavy atom. The van der Waals surface area contributed by atoms with Crippen LogP contribution in [-0.4, -0.2) is 10.5 Å².